The molecular formula is C22H28N2O6. The molecule has 0 bridgehead atoms. The van der Waals surface area contributed by atoms with Gasteiger partial charge in [0.05, 0.1) is 7.11 Å². The molecule has 3 N–H and O–H groups in total. The molecular weight excluding hydrogens is 388 g/mol. The fourth-order valence-corrected chi connectivity index (χ4v) is 3.33. The van der Waals surface area contributed by atoms with Gasteiger partial charge in [-0.2, -0.15) is 0 Å². The standard InChI is InChI=1S/C20H26N2O2.C2H2O4/c1-15-6-4-8-18(16(15)2)22-12-10-21(11-13-22)14-17-7-5-9-19(24-3)20(17)23;3-1(4)2(5)6/h4-9,23H,10-14H2,1-3H3;(H,3,4)(H,5,6). The number of nitrogens with zero attached hydrogens (tertiary/aromatic N) is 2. The molecule has 162 valence electrons. The number of hydrogen-bond acceptors (Lipinski definition) is 6. The summed E-state index contributed by atoms with van der Waals surface area (Å²) in [5.41, 5.74) is 4.99. The van der Waals surface area contributed by atoms with Crippen molar-refractivity contribution in [3.8, 4) is 11.5 Å². The number of carboxylic acid groups (broad SMARTS) is 2. The first-order valence-electron chi connectivity index (χ1n) is 9.59. The predicted octanol–water partition coefficient (Wildman–Crippen LogP) is 2.50. The molecule has 0 aliphatic carbocycles. The van der Waals surface area contributed by atoms with Crippen LogP contribution in [0.3, 0.4) is 0 Å². The number of methoxy groups -OCH3 is 1. The summed E-state index contributed by atoms with van der Waals surface area (Å²) in [4.78, 5) is 23.0. The smallest absolute Gasteiger partial charge is 0.414 e. The first-order valence-corrected chi connectivity index (χ1v) is 9.59. The van der Waals surface area contributed by atoms with Crippen LogP contribution in [0.5, 0.6) is 11.5 Å². The van der Waals surface area contributed by atoms with Crippen molar-refractivity contribution in [3.63, 3.8) is 0 Å². The quantitative estimate of drug-likeness (QED) is 0.652. The van der Waals surface area contributed by atoms with Gasteiger partial charge in [-0.25, -0.2) is 9.59 Å². The van der Waals surface area contributed by atoms with Crippen LogP contribution in [0.15, 0.2) is 36.4 Å². The molecule has 8 nitrogen and oxygen atoms in total. The second-order valence-corrected chi connectivity index (χ2v) is 7.06. The minimum Gasteiger partial charge on any atom is -0.504 e. The van der Waals surface area contributed by atoms with Crippen LogP contribution in [0.25, 0.3) is 0 Å². The minimum absolute atomic E-state index is 0.261. The van der Waals surface area contributed by atoms with E-state index in [-0.39, 0.29) is 5.75 Å². The molecule has 0 amide bonds. The molecule has 1 aliphatic heterocycles. The lowest BCUT2D eigenvalue weighted by Crippen LogP contribution is -2.46. The van der Waals surface area contributed by atoms with Crippen molar-refractivity contribution < 1.29 is 29.6 Å². The van der Waals surface area contributed by atoms with E-state index in [0.29, 0.717) is 5.75 Å². The van der Waals surface area contributed by atoms with Crippen LogP contribution in [-0.2, 0) is 16.1 Å². The number of phenols is 1. The van der Waals surface area contributed by atoms with Gasteiger partial charge in [0.2, 0.25) is 0 Å². The van der Waals surface area contributed by atoms with Crippen molar-refractivity contribution in [1.29, 1.82) is 0 Å². The molecule has 0 spiro atoms. The van der Waals surface area contributed by atoms with Crippen LogP contribution in [0.2, 0.25) is 0 Å². The Morgan fingerprint density at radius 1 is 0.967 bits per heavy atom. The van der Waals surface area contributed by atoms with Gasteiger partial charge in [0.15, 0.2) is 11.5 Å². The highest BCUT2D eigenvalue weighted by Crippen LogP contribution is 2.31. The van der Waals surface area contributed by atoms with Crippen LogP contribution in [0, 0.1) is 13.8 Å². The van der Waals surface area contributed by atoms with Crippen LogP contribution < -0.4 is 9.64 Å². The van der Waals surface area contributed by atoms with Gasteiger partial charge in [0.1, 0.15) is 0 Å². The van der Waals surface area contributed by atoms with Crippen molar-refractivity contribution in [1.82, 2.24) is 4.90 Å². The first kappa shape index (κ1) is 23.0. The number of aryl methyl sites for hydroxylation is 1. The van der Waals surface area contributed by atoms with Gasteiger partial charge < -0.3 is 25.0 Å². The largest absolute Gasteiger partial charge is 0.504 e. The second-order valence-electron chi connectivity index (χ2n) is 7.06. The maximum Gasteiger partial charge on any atom is 0.414 e. The zero-order valence-electron chi connectivity index (χ0n) is 17.5. The zero-order valence-corrected chi connectivity index (χ0v) is 17.5. The molecule has 1 heterocycles. The fourth-order valence-electron chi connectivity index (χ4n) is 3.33. The zero-order chi connectivity index (χ0) is 22.3. The number of carbonyl (C=O) groups is 2. The van der Waals surface area contributed by atoms with Gasteiger partial charge in [-0.1, -0.05) is 24.3 Å². The van der Waals surface area contributed by atoms with Crippen molar-refractivity contribution in [3.05, 3.63) is 53.1 Å². The number of hydrogen-bond donors (Lipinski definition) is 3. The van der Waals surface area contributed by atoms with Gasteiger partial charge in [-0.3, -0.25) is 4.90 Å². The van der Waals surface area contributed by atoms with E-state index in [1.807, 2.05) is 12.1 Å². The number of benzene rings is 2. The Balaban J connectivity index is 0.000000469. The number of rotatable bonds is 4. The van der Waals surface area contributed by atoms with E-state index >= 15 is 0 Å². The maximum atomic E-state index is 10.3. The van der Waals surface area contributed by atoms with Gasteiger partial charge >= 0.3 is 11.9 Å². The molecule has 30 heavy (non-hydrogen) atoms. The molecule has 1 saturated heterocycles. The van der Waals surface area contributed by atoms with Crippen molar-refractivity contribution in [2.45, 2.75) is 20.4 Å². The third-order valence-electron chi connectivity index (χ3n) is 5.17. The molecule has 0 aromatic heterocycles. The SMILES string of the molecule is COc1cccc(CN2CCN(c3cccc(C)c3C)CC2)c1O.O=C(O)C(=O)O. The second kappa shape index (κ2) is 10.5. The molecule has 2 aromatic carbocycles. The van der Waals surface area contributed by atoms with E-state index in [1.165, 1.54) is 16.8 Å². The van der Waals surface area contributed by atoms with Crippen molar-refractivity contribution in [2.75, 3.05) is 38.2 Å². The topological polar surface area (TPSA) is 111 Å². The lowest BCUT2D eigenvalue weighted by molar-refractivity contribution is -0.159. The molecule has 3 rings (SSSR count). The summed E-state index contributed by atoms with van der Waals surface area (Å²) in [6.45, 7) is 9.12. The van der Waals surface area contributed by atoms with Crippen LogP contribution in [0.4, 0.5) is 5.69 Å². The Morgan fingerprint density at radius 3 is 2.13 bits per heavy atom. The molecule has 8 heteroatoms. The molecule has 1 aliphatic rings. The monoisotopic (exact) mass is 416 g/mol. The van der Waals surface area contributed by atoms with E-state index in [4.69, 9.17) is 24.5 Å². The summed E-state index contributed by atoms with van der Waals surface area (Å²) in [5.74, 6) is -2.84. The Labute approximate surface area is 175 Å². The lowest BCUT2D eigenvalue weighted by Gasteiger charge is -2.37. The molecule has 0 atom stereocenters. The Bertz CT molecular complexity index is 879. The van der Waals surface area contributed by atoms with E-state index in [2.05, 4.69) is 41.8 Å². The van der Waals surface area contributed by atoms with Crippen molar-refractivity contribution in [2.24, 2.45) is 0 Å². The maximum absolute atomic E-state index is 10.3. The number of piperazine rings is 1. The highest BCUT2D eigenvalue weighted by Gasteiger charge is 2.20. The van der Waals surface area contributed by atoms with E-state index in [0.717, 1.165) is 38.3 Å². The first-order chi connectivity index (χ1) is 14.2. The summed E-state index contributed by atoms with van der Waals surface area (Å²) >= 11 is 0. The predicted molar refractivity (Wildman–Crippen MR) is 113 cm³/mol. The number of para-hydroxylation sites is 1. The number of ether oxygens (including phenoxy) is 1. The molecule has 0 unspecified atom stereocenters. The molecule has 1 fully saturated rings. The highest BCUT2D eigenvalue weighted by molar-refractivity contribution is 6.27. The fraction of sp³-hybridized carbons (Fsp3) is 0.364. The normalized spacial score (nSPS) is 13.9. The van der Waals surface area contributed by atoms with Crippen molar-refractivity contribution >= 4 is 17.6 Å². The number of aliphatic carboxylic acids is 2. The van der Waals surface area contributed by atoms with E-state index in [9.17, 15) is 5.11 Å². The van der Waals surface area contributed by atoms with Gasteiger partial charge in [0.25, 0.3) is 0 Å². The third kappa shape index (κ3) is 5.87. The number of aromatic hydroxyl groups is 1. The van der Waals surface area contributed by atoms with Crippen LogP contribution in [0.1, 0.15) is 16.7 Å². The average molecular weight is 416 g/mol. The van der Waals surface area contributed by atoms with Gasteiger partial charge in [0, 0.05) is 44.0 Å². The van der Waals surface area contributed by atoms with Gasteiger partial charge in [-0.05, 0) is 37.1 Å². The molecule has 2 aromatic rings. The summed E-state index contributed by atoms with van der Waals surface area (Å²) in [7, 11) is 1.59. The minimum atomic E-state index is -1.82. The number of anilines is 1. The summed E-state index contributed by atoms with van der Waals surface area (Å²) in [6, 6.07) is 12.2. The van der Waals surface area contributed by atoms with E-state index in [1.54, 1.807) is 13.2 Å². The third-order valence-corrected chi connectivity index (χ3v) is 5.17. The average Bonchev–Trinajstić information content (AvgIpc) is 2.73. The summed E-state index contributed by atoms with van der Waals surface area (Å²) in [6.07, 6.45) is 0. The lowest BCUT2D eigenvalue weighted by atomic mass is 10.1. The molecule has 0 radical (unpaired) electrons. The Morgan fingerprint density at radius 2 is 1.57 bits per heavy atom. The van der Waals surface area contributed by atoms with E-state index < -0.39 is 11.9 Å². The number of phenolic OH excluding ortho intramolecular Hbond substituents is 1. The van der Waals surface area contributed by atoms with Crippen LogP contribution >= 0.6 is 0 Å². The highest BCUT2D eigenvalue weighted by atomic mass is 16.5. The van der Waals surface area contributed by atoms with Gasteiger partial charge in [-0.15, -0.1) is 0 Å². The summed E-state index contributed by atoms with van der Waals surface area (Å²) in [5, 5.41) is 25.0. The molecule has 0 saturated carbocycles. The van der Waals surface area contributed by atoms with Crippen LogP contribution in [-0.4, -0.2) is 65.4 Å². The summed E-state index contributed by atoms with van der Waals surface area (Å²) < 4.78 is 5.20. The number of carboxylic acids is 2. The Hall–Kier alpha value is -3.26. The Kier molecular flexibility index (Phi) is 8.06.